The van der Waals surface area contributed by atoms with Crippen LogP contribution in [0.25, 0.3) is 0 Å². The number of amides is 3. The number of alkyl carbamates (subject to hydrolysis) is 1. The van der Waals surface area contributed by atoms with Crippen LogP contribution in [0.5, 0.6) is 5.75 Å². The summed E-state index contributed by atoms with van der Waals surface area (Å²) in [7, 11) is 0. The van der Waals surface area contributed by atoms with Crippen LogP contribution in [0.1, 0.15) is 43.9 Å². The van der Waals surface area contributed by atoms with Gasteiger partial charge in [0.15, 0.2) is 17.4 Å². The van der Waals surface area contributed by atoms with Crippen LogP contribution in [-0.4, -0.2) is 42.7 Å². The number of ether oxygens (including phenoxy) is 2. The fourth-order valence-corrected chi connectivity index (χ4v) is 4.96. The zero-order chi connectivity index (χ0) is 33.2. The molecular formula is C36H37F2N3O5. The standard InChI is InChI=1S/C36H37F2N3O5/c1-35(2,3)46-34(44)40-30(33(43)39-22-23-45-32-28(37)20-13-21-29(32)38)24-31(42)41-36(25-14-7-4-8-15-25,26-16-9-5-10-17-26)27-18-11-6-12-19-27/h4-21,30H,22-24H2,1-3H3,(H,39,43)(H,40,44)(H,41,42)/t30-/m1/s1. The number of hydrogen-bond acceptors (Lipinski definition) is 5. The van der Waals surface area contributed by atoms with E-state index >= 15 is 0 Å². The molecule has 0 saturated carbocycles. The molecule has 0 radical (unpaired) electrons. The molecule has 0 spiro atoms. The van der Waals surface area contributed by atoms with Crippen molar-refractivity contribution in [3.05, 3.63) is 138 Å². The van der Waals surface area contributed by atoms with Crippen molar-refractivity contribution in [3.63, 3.8) is 0 Å². The predicted molar refractivity (Wildman–Crippen MR) is 170 cm³/mol. The van der Waals surface area contributed by atoms with Crippen LogP contribution in [0, 0.1) is 11.6 Å². The topological polar surface area (TPSA) is 106 Å². The van der Waals surface area contributed by atoms with E-state index in [0.717, 1.165) is 28.8 Å². The fraction of sp³-hybridized carbons (Fsp3) is 0.250. The summed E-state index contributed by atoms with van der Waals surface area (Å²) >= 11 is 0. The van der Waals surface area contributed by atoms with Gasteiger partial charge in [0, 0.05) is 0 Å². The first kappa shape index (κ1) is 33.6. The largest absolute Gasteiger partial charge is 0.486 e. The van der Waals surface area contributed by atoms with Crippen LogP contribution in [0.3, 0.4) is 0 Å². The summed E-state index contributed by atoms with van der Waals surface area (Å²) in [6.07, 6.45) is -1.35. The Morgan fingerprint density at radius 3 is 1.65 bits per heavy atom. The third-order valence-corrected chi connectivity index (χ3v) is 6.91. The van der Waals surface area contributed by atoms with E-state index in [-0.39, 0.29) is 13.2 Å². The normalized spacial score (nSPS) is 12.0. The maximum Gasteiger partial charge on any atom is 0.408 e. The molecule has 0 fully saturated rings. The van der Waals surface area contributed by atoms with Gasteiger partial charge in [0.2, 0.25) is 11.8 Å². The highest BCUT2D eigenvalue weighted by molar-refractivity contribution is 5.91. The molecule has 0 aliphatic carbocycles. The average Bonchev–Trinajstić information content (AvgIpc) is 3.03. The molecule has 8 nitrogen and oxygen atoms in total. The van der Waals surface area contributed by atoms with Crippen LogP contribution in [0.15, 0.2) is 109 Å². The molecule has 4 rings (SSSR count). The molecule has 0 saturated heterocycles. The number of para-hydroxylation sites is 1. The predicted octanol–water partition coefficient (Wildman–Crippen LogP) is 5.85. The first-order valence-corrected chi connectivity index (χ1v) is 14.8. The molecule has 0 bridgehead atoms. The van der Waals surface area contributed by atoms with E-state index in [1.54, 1.807) is 20.8 Å². The second-order valence-corrected chi connectivity index (χ2v) is 11.5. The lowest BCUT2D eigenvalue weighted by Crippen LogP contribution is -2.53. The minimum atomic E-state index is -1.36. The lowest BCUT2D eigenvalue weighted by molar-refractivity contribution is -0.129. The Labute approximate surface area is 267 Å². The Balaban J connectivity index is 1.59. The molecule has 3 N–H and O–H groups in total. The second kappa shape index (κ2) is 15.2. The van der Waals surface area contributed by atoms with Gasteiger partial charge in [-0.25, -0.2) is 13.6 Å². The van der Waals surface area contributed by atoms with Gasteiger partial charge in [-0.1, -0.05) is 97.1 Å². The zero-order valence-corrected chi connectivity index (χ0v) is 25.9. The monoisotopic (exact) mass is 629 g/mol. The summed E-state index contributed by atoms with van der Waals surface area (Å²) in [5.41, 5.74) is 0.317. The average molecular weight is 630 g/mol. The summed E-state index contributed by atoms with van der Waals surface area (Å²) in [6, 6.07) is 30.2. The maximum absolute atomic E-state index is 14.0. The molecule has 46 heavy (non-hydrogen) atoms. The summed E-state index contributed by atoms with van der Waals surface area (Å²) in [5, 5.41) is 8.22. The van der Waals surface area contributed by atoms with E-state index < -0.39 is 58.9 Å². The van der Waals surface area contributed by atoms with Gasteiger partial charge in [0.05, 0.1) is 13.0 Å². The number of carbonyl (C=O) groups is 3. The van der Waals surface area contributed by atoms with Crippen molar-refractivity contribution in [2.24, 2.45) is 0 Å². The molecule has 10 heteroatoms. The van der Waals surface area contributed by atoms with Crippen molar-refractivity contribution >= 4 is 17.9 Å². The third kappa shape index (κ3) is 8.68. The lowest BCUT2D eigenvalue weighted by atomic mass is 9.77. The molecule has 0 heterocycles. The number of carbonyl (C=O) groups excluding carboxylic acids is 3. The number of halogens is 2. The van der Waals surface area contributed by atoms with Crippen molar-refractivity contribution in [1.82, 2.24) is 16.0 Å². The van der Waals surface area contributed by atoms with Crippen molar-refractivity contribution in [2.45, 2.75) is 44.4 Å². The van der Waals surface area contributed by atoms with Crippen LogP contribution in [0.4, 0.5) is 13.6 Å². The number of rotatable bonds is 12. The molecule has 0 unspecified atom stereocenters. The molecule has 4 aromatic rings. The Morgan fingerprint density at radius 1 is 0.717 bits per heavy atom. The molecular weight excluding hydrogens is 592 g/mol. The summed E-state index contributed by atoms with van der Waals surface area (Å²) in [4.78, 5) is 40.0. The van der Waals surface area contributed by atoms with Gasteiger partial charge in [0.1, 0.15) is 23.8 Å². The highest BCUT2D eigenvalue weighted by Gasteiger charge is 2.39. The smallest absolute Gasteiger partial charge is 0.408 e. The maximum atomic E-state index is 14.0. The number of hydrogen-bond donors (Lipinski definition) is 3. The number of nitrogens with one attached hydrogen (secondary N) is 3. The molecule has 0 aliphatic rings. The minimum Gasteiger partial charge on any atom is -0.486 e. The Bertz CT molecular complexity index is 1500. The molecule has 240 valence electrons. The molecule has 1 atom stereocenters. The Kier molecular flexibility index (Phi) is 11.1. The van der Waals surface area contributed by atoms with E-state index in [9.17, 15) is 23.2 Å². The SMILES string of the molecule is CC(C)(C)OC(=O)N[C@H](CC(=O)NC(c1ccccc1)(c1ccccc1)c1ccccc1)C(=O)NCCOc1c(F)cccc1F. The van der Waals surface area contributed by atoms with E-state index in [4.69, 9.17) is 9.47 Å². The van der Waals surface area contributed by atoms with Crippen LogP contribution in [0.2, 0.25) is 0 Å². The van der Waals surface area contributed by atoms with E-state index in [2.05, 4.69) is 16.0 Å². The van der Waals surface area contributed by atoms with E-state index in [1.807, 2.05) is 91.0 Å². The van der Waals surface area contributed by atoms with Crippen LogP contribution >= 0.6 is 0 Å². The van der Waals surface area contributed by atoms with Gasteiger partial charge in [-0.15, -0.1) is 0 Å². The quantitative estimate of drug-likeness (QED) is 0.135. The minimum absolute atomic E-state index is 0.164. The Hall–Kier alpha value is -5.25. The lowest BCUT2D eigenvalue weighted by Gasteiger charge is -2.37. The third-order valence-electron chi connectivity index (χ3n) is 6.91. The molecule has 0 aromatic heterocycles. The molecule has 3 amide bonds. The van der Waals surface area contributed by atoms with Crippen molar-refractivity contribution in [3.8, 4) is 5.75 Å². The number of benzene rings is 4. The van der Waals surface area contributed by atoms with E-state index in [1.165, 1.54) is 6.07 Å². The van der Waals surface area contributed by atoms with Crippen molar-refractivity contribution in [2.75, 3.05) is 13.2 Å². The molecule has 4 aromatic carbocycles. The summed E-state index contributed by atoms with van der Waals surface area (Å²) < 4.78 is 38.4. The van der Waals surface area contributed by atoms with Gasteiger partial charge in [-0.2, -0.15) is 0 Å². The van der Waals surface area contributed by atoms with Crippen LogP contribution < -0.4 is 20.7 Å². The highest BCUT2D eigenvalue weighted by Crippen LogP contribution is 2.37. The van der Waals surface area contributed by atoms with Gasteiger partial charge >= 0.3 is 6.09 Å². The van der Waals surface area contributed by atoms with Crippen molar-refractivity contribution < 1.29 is 32.6 Å². The van der Waals surface area contributed by atoms with Gasteiger partial charge in [0.25, 0.3) is 0 Å². The fourth-order valence-electron chi connectivity index (χ4n) is 4.96. The van der Waals surface area contributed by atoms with Gasteiger partial charge in [-0.3, -0.25) is 9.59 Å². The molecule has 0 aliphatic heterocycles. The first-order valence-electron chi connectivity index (χ1n) is 14.8. The highest BCUT2D eigenvalue weighted by atomic mass is 19.1. The second-order valence-electron chi connectivity index (χ2n) is 11.5. The van der Waals surface area contributed by atoms with E-state index in [0.29, 0.717) is 0 Å². The first-order chi connectivity index (χ1) is 22.0. The van der Waals surface area contributed by atoms with Crippen LogP contribution in [-0.2, 0) is 19.9 Å². The zero-order valence-electron chi connectivity index (χ0n) is 25.9. The Morgan fingerprint density at radius 2 is 1.20 bits per heavy atom. The van der Waals surface area contributed by atoms with Gasteiger partial charge < -0.3 is 25.4 Å². The van der Waals surface area contributed by atoms with Gasteiger partial charge in [-0.05, 0) is 49.6 Å². The summed E-state index contributed by atoms with van der Waals surface area (Å²) in [6.45, 7) is 4.57. The summed E-state index contributed by atoms with van der Waals surface area (Å²) in [5.74, 6) is -3.60. The van der Waals surface area contributed by atoms with Crippen molar-refractivity contribution in [1.29, 1.82) is 0 Å².